The molecule has 3 rings (SSSR count). The van der Waals surface area contributed by atoms with Gasteiger partial charge in [0, 0.05) is 18.0 Å². The molecule has 3 heterocycles. The molecule has 2 aliphatic heterocycles. The van der Waals surface area contributed by atoms with Gasteiger partial charge in [-0.1, -0.05) is 24.8 Å². The lowest BCUT2D eigenvalue weighted by Gasteiger charge is -2.28. The van der Waals surface area contributed by atoms with Crippen LogP contribution in [0.15, 0.2) is 29.4 Å². The Bertz CT molecular complexity index is 432. The Hall–Kier alpha value is -1.03. The van der Waals surface area contributed by atoms with E-state index in [2.05, 4.69) is 29.8 Å². The number of rotatable bonds is 2. The first-order valence-corrected chi connectivity index (χ1v) is 7.19. The van der Waals surface area contributed by atoms with Crippen LogP contribution in [0.4, 0.5) is 0 Å². The summed E-state index contributed by atoms with van der Waals surface area (Å²) < 4.78 is 0. The SMILES string of the molecule is CC[C@H]1CSC2=N[C@H](c3ccccn3)[C@@H](C)N21. The molecule has 1 saturated heterocycles. The van der Waals surface area contributed by atoms with Crippen molar-refractivity contribution in [2.75, 3.05) is 5.75 Å². The minimum absolute atomic E-state index is 0.216. The van der Waals surface area contributed by atoms with E-state index in [-0.39, 0.29) is 6.04 Å². The molecule has 0 aliphatic carbocycles. The molecule has 0 radical (unpaired) electrons. The fourth-order valence-electron chi connectivity index (χ4n) is 2.65. The smallest absolute Gasteiger partial charge is 0.160 e. The number of aromatic nitrogens is 1. The summed E-state index contributed by atoms with van der Waals surface area (Å²) in [6, 6.07) is 7.40. The Kier molecular flexibility index (Phi) is 2.82. The molecule has 90 valence electrons. The van der Waals surface area contributed by atoms with Gasteiger partial charge in [-0.15, -0.1) is 0 Å². The summed E-state index contributed by atoms with van der Waals surface area (Å²) in [6.07, 6.45) is 3.06. The maximum Gasteiger partial charge on any atom is 0.160 e. The second-order valence-corrected chi connectivity index (χ2v) is 5.62. The van der Waals surface area contributed by atoms with E-state index in [9.17, 15) is 0 Å². The molecule has 3 nitrogen and oxygen atoms in total. The molecule has 4 heteroatoms. The van der Waals surface area contributed by atoms with E-state index in [0.29, 0.717) is 12.1 Å². The number of amidine groups is 1. The minimum Gasteiger partial charge on any atom is -0.342 e. The molecule has 0 aromatic carbocycles. The number of hydrogen-bond acceptors (Lipinski definition) is 4. The third kappa shape index (κ3) is 1.75. The zero-order chi connectivity index (χ0) is 11.8. The van der Waals surface area contributed by atoms with Gasteiger partial charge in [-0.3, -0.25) is 9.98 Å². The van der Waals surface area contributed by atoms with E-state index in [0.717, 1.165) is 5.69 Å². The minimum atomic E-state index is 0.216. The molecule has 3 atom stereocenters. The molecule has 0 amide bonds. The number of hydrogen-bond donors (Lipinski definition) is 0. The Balaban J connectivity index is 1.89. The van der Waals surface area contributed by atoms with Gasteiger partial charge in [0.05, 0.1) is 11.7 Å². The second kappa shape index (κ2) is 4.33. The Morgan fingerprint density at radius 3 is 3.06 bits per heavy atom. The maximum absolute atomic E-state index is 4.84. The lowest BCUT2D eigenvalue weighted by molar-refractivity contribution is 0.268. The molecular formula is C13H17N3S. The maximum atomic E-state index is 4.84. The normalized spacial score (nSPS) is 31.5. The van der Waals surface area contributed by atoms with E-state index in [1.165, 1.54) is 17.3 Å². The van der Waals surface area contributed by atoms with Gasteiger partial charge in [0.15, 0.2) is 5.17 Å². The monoisotopic (exact) mass is 247 g/mol. The van der Waals surface area contributed by atoms with Crippen molar-refractivity contribution in [2.45, 2.75) is 38.4 Å². The molecule has 1 aromatic rings. The van der Waals surface area contributed by atoms with Crippen LogP contribution in [0.3, 0.4) is 0 Å². The summed E-state index contributed by atoms with van der Waals surface area (Å²) in [7, 11) is 0. The summed E-state index contributed by atoms with van der Waals surface area (Å²) in [5, 5.41) is 1.22. The van der Waals surface area contributed by atoms with Crippen molar-refractivity contribution in [2.24, 2.45) is 4.99 Å². The Labute approximate surface area is 106 Å². The highest BCUT2D eigenvalue weighted by Crippen LogP contribution is 2.40. The van der Waals surface area contributed by atoms with Gasteiger partial charge in [0.1, 0.15) is 6.04 Å². The van der Waals surface area contributed by atoms with Crippen LogP contribution in [0.25, 0.3) is 0 Å². The second-order valence-electron chi connectivity index (χ2n) is 4.63. The standard InChI is InChI=1S/C13H17N3S/c1-3-10-8-17-13-15-12(9(2)16(10)13)11-6-4-5-7-14-11/h4-7,9-10,12H,3,8H2,1-2H3/t9-,10+,12+/m1/s1. The van der Waals surface area contributed by atoms with Crippen molar-refractivity contribution in [1.82, 2.24) is 9.88 Å². The molecule has 0 spiro atoms. The highest BCUT2D eigenvalue weighted by molar-refractivity contribution is 8.14. The van der Waals surface area contributed by atoms with Crippen LogP contribution >= 0.6 is 11.8 Å². The molecule has 0 bridgehead atoms. The number of pyridine rings is 1. The quantitative estimate of drug-likeness (QED) is 0.804. The van der Waals surface area contributed by atoms with Gasteiger partial charge >= 0.3 is 0 Å². The first-order chi connectivity index (χ1) is 8.31. The van der Waals surface area contributed by atoms with Crippen LogP contribution in [0.2, 0.25) is 0 Å². The predicted octanol–water partition coefficient (Wildman–Crippen LogP) is 2.71. The van der Waals surface area contributed by atoms with E-state index < -0.39 is 0 Å². The van der Waals surface area contributed by atoms with Crippen molar-refractivity contribution in [1.29, 1.82) is 0 Å². The third-order valence-electron chi connectivity index (χ3n) is 3.63. The van der Waals surface area contributed by atoms with E-state index in [4.69, 9.17) is 4.99 Å². The van der Waals surface area contributed by atoms with Crippen molar-refractivity contribution in [3.63, 3.8) is 0 Å². The number of fused-ring (bicyclic) bond motifs is 1. The molecule has 0 unspecified atom stereocenters. The highest BCUT2D eigenvalue weighted by Gasteiger charge is 2.42. The van der Waals surface area contributed by atoms with Crippen LogP contribution in [-0.4, -0.2) is 32.9 Å². The zero-order valence-corrected chi connectivity index (χ0v) is 11.0. The molecule has 0 saturated carbocycles. The van der Waals surface area contributed by atoms with Crippen LogP contribution in [0.5, 0.6) is 0 Å². The molecule has 17 heavy (non-hydrogen) atoms. The lowest BCUT2D eigenvalue weighted by atomic mass is 10.0. The Morgan fingerprint density at radius 1 is 1.47 bits per heavy atom. The van der Waals surface area contributed by atoms with Crippen molar-refractivity contribution in [3.05, 3.63) is 30.1 Å². The number of thioether (sulfide) groups is 1. The van der Waals surface area contributed by atoms with E-state index in [1.807, 2.05) is 30.1 Å². The third-order valence-corrected chi connectivity index (χ3v) is 4.75. The summed E-state index contributed by atoms with van der Waals surface area (Å²) in [5.74, 6) is 1.19. The van der Waals surface area contributed by atoms with Crippen LogP contribution in [0.1, 0.15) is 32.0 Å². The van der Waals surface area contributed by atoms with Crippen molar-refractivity contribution < 1.29 is 0 Å². The molecule has 2 aliphatic rings. The van der Waals surface area contributed by atoms with Crippen LogP contribution in [-0.2, 0) is 0 Å². The topological polar surface area (TPSA) is 28.5 Å². The number of nitrogens with zero attached hydrogens (tertiary/aromatic N) is 3. The van der Waals surface area contributed by atoms with E-state index in [1.54, 1.807) is 0 Å². The van der Waals surface area contributed by atoms with Crippen LogP contribution in [0, 0.1) is 0 Å². The fraction of sp³-hybridized carbons (Fsp3) is 0.538. The fourth-order valence-corrected chi connectivity index (χ4v) is 4.04. The molecular weight excluding hydrogens is 230 g/mol. The highest BCUT2D eigenvalue weighted by atomic mass is 32.2. The lowest BCUT2D eigenvalue weighted by Crippen LogP contribution is -2.38. The molecule has 0 N–H and O–H groups in total. The Morgan fingerprint density at radius 2 is 2.35 bits per heavy atom. The van der Waals surface area contributed by atoms with Gasteiger partial charge in [0.25, 0.3) is 0 Å². The van der Waals surface area contributed by atoms with E-state index >= 15 is 0 Å². The van der Waals surface area contributed by atoms with Gasteiger partial charge in [-0.05, 0) is 25.5 Å². The van der Waals surface area contributed by atoms with Gasteiger partial charge in [-0.25, -0.2) is 0 Å². The van der Waals surface area contributed by atoms with Gasteiger partial charge in [0.2, 0.25) is 0 Å². The summed E-state index contributed by atoms with van der Waals surface area (Å²) >= 11 is 1.90. The van der Waals surface area contributed by atoms with Crippen molar-refractivity contribution >= 4 is 16.9 Å². The summed E-state index contributed by atoms with van der Waals surface area (Å²) in [4.78, 5) is 11.8. The first kappa shape index (κ1) is 11.1. The largest absolute Gasteiger partial charge is 0.342 e. The average molecular weight is 247 g/mol. The van der Waals surface area contributed by atoms with Gasteiger partial charge in [-0.2, -0.15) is 0 Å². The zero-order valence-electron chi connectivity index (χ0n) is 10.2. The first-order valence-electron chi connectivity index (χ1n) is 6.21. The summed E-state index contributed by atoms with van der Waals surface area (Å²) in [6.45, 7) is 4.53. The predicted molar refractivity (Wildman–Crippen MR) is 72.3 cm³/mol. The number of aliphatic imine (C=N–C) groups is 1. The van der Waals surface area contributed by atoms with Crippen molar-refractivity contribution in [3.8, 4) is 0 Å². The molecule has 1 fully saturated rings. The van der Waals surface area contributed by atoms with Gasteiger partial charge < -0.3 is 4.90 Å². The summed E-state index contributed by atoms with van der Waals surface area (Å²) in [5.41, 5.74) is 1.09. The average Bonchev–Trinajstić information content (AvgIpc) is 2.91. The molecule has 1 aromatic heterocycles. The van der Waals surface area contributed by atoms with Crippen LogP contribution < -0.4 is 0 Å².